The number of aryl methyl sites for hydroxylation is 1. The van der Waals surface area contributed by atoms with Gasteiger partial charge in [0.1, 0.15) is 6.61 Å². The summed E-state index contributed by atoms with van der Waals surface area (Å²) in [5.41, 5.74) is 2.79. The molecule has 0 radical (unpaired) electrons. The molecule has 3 rings (SSSR count). The van der Waals surface area contributed by atoms with Crippen LogP contribution < -0.4 is 14.8 Å². The van der Waals surface area contributed by atoms with E-state index in [1.807, 2.05) is 49.4 Å². The second kappa shape index (κ2) is 11.0. The Morgan fingerprint density at radius 3 is 2.61 bits per heavy atom. The third-order valence-corrected chi connectivity index (χ3v) is 5.72. The zero-order valence-electron chi connectivity index (χ0n) is 17.4. The van der Waals surface area contributed by atoms with Crippen molar-refractivity contribution in [2.24, 2.45) is 0 Å². The number of methoxy groups -OCH3 is 1. The van der Waals surface area contributed by atoms with Crippen molar-refractivity contribution in [3.63, 3.8) is 0 Å². The molecule has 1 heterocycles. The summed E-state index contributed by atoms with van der Waals surface area (Å²) in [5, 5.41) is 4.00. The fourth-order valence-electron chi connectivity index (χ4n) is 3.10. The molecule has 0 saturated heterocycles. The Bertz CT molecular complexity index is 1030. The summed E-state index contributed by atoms with van der Waals surface area (Å²) in [6, 6.07) is 14.7. The molecule has 1 atom stereocenters. The van der Waals surface area contributed by atoms with Crippen LogP contribution in [0.4, 0.5) is 0 Å². The molecular formula is C24H24Cl2N2O3. The topological polar surface area (TPSA) is 60.5 Å². The summed E-state index contributed by atoms with van der Waals surface area (Å²) in [4.78, 5) is 16.4. The van der Waals surface area contributed by atoms with Crippen molar-refractivity contribution < 1.29 is 14.3 Å². The van der Waals surface area contributed by atoms with E-state index in [0.29, 0.717) is 41.0 Å². The normalized spacial score (nSPS) is 11.6. The molecule has 3 aromatic rings. The molecule has 0 saturated carbocycles. The summed E-state index contributed by atoms with van der Waals surface area (Å²) in [5.74, 6) is 1.18. The molecule has 5 nitrogen and oxygen atoms in total. The number of carbonyl (C=O) groups is 1. The molecule has 1 N–H and O–H groups in total. The first kappa shape index (κ1) is 22.9. The molecule has 0 fully saturated rings. The van der Waals surface area contributed by atoms with Crippen LogP contribution in [0.25, 0.3) is 0 Å². The van der Waals surface area contributed by atoms with Crippen molar-refractivity contribution in [1.29, 1.82) is 0 Å². The van der Waals surface area contributed by atoms with Gasteiger partial charge in [0.25, 0.3) is 0 Å². The lowest BCUT2D eigenvalue weighted by atomic mass is 10.1. The van der Waals surface area contributed by atoms with E-state index in [1.54, 1.807) is 25.6 Å². The minimum Gasteiger partial charge on any atom is -0.493 e. The Morgan fingerprint density at radius 1 is 1.10 bits per heavy atom. The van der Waals surface area contributed by atoms with Gasteiger partial charge in [-0.15, -0.1) is 0 Å². The van der Waals surface area contributed by atoms with Gasteiger partial charge in [0.05, 0.1) is 23.2 Å². The highest BCUT2D eigenvalue weighted by molar-refractivity contribution is 6.42. The third-order valence-electron chi connectivity index (χ3n) is 4.86. The number of benzene rings is 2. The molecule has 0 spiro atoms. The fraction of sp³-hybridized carbons (Fsp3) is 0.250. The van der Waals surface area contributed by atoms with Gasteiger partial charge in [-0.25, -0.2) is 0 Å². The van der Waals surface area contributed by atoms with Crippen molar-refractivity contribution in [3.8, 4) is 11.5 Å². The first-order valence-electron chi connectivity index (χ1n) is 9.90. The summed E-state index contributed by atoms with van der Waals surface area (Å²) >= 11 is 12.2. The van der Waals surface area contributed by atoms with Crippen molar-refractivity contribution in [2.75, 3.05) is 7.11 Å². The van der Waals surface area contributed by atoms with E-state index in [1.165, 1.54) is 0 Å². The maximum Gasteiger partial charge on any atom is 0.220 e. The molecule has 0 aliphatic heterocycles. The van der Waals surface area contributed by atoms with Crippen LogP contribution in [0.5, 0.6) is 11.5 Å². The predicted octanol–water partition coefficient (Wildman–Crippen LogP) is 5.79. The van der Waals surface area contributed by atoms with E-state index < -0.39 is 0 Å². The number of hydrogen-bond donors (Lipinski definition) is 1. The van der Waals surface area contributed by atoms with E-state index in [2.05, 4.69) is 10.3 Å². The molecule has 31 heavy (non-hydrogen) atoms. The number of rotatable bonds is 9. The highest BCUT2D eigenvalue weighted by atomic mass is 35.5. The lowest BCUT2D eigenvalue weighted by molar-refractivity contribution is -0.121. The first-order valence-corrected chi connectivity index (χ1v) is 10.7. The average Bonchev–Trinajstić information content (AvgIpc) is 2.79. The van der Waals surface area contributed by atoms with Crippen molar-refractivity contribution >= 4 is 29.1 Å². The first-order chi connectivity index (χ1) is 15.0. The largest absolute Gasteiger partial charge is 0.493 e. The Labute approximate surface area is 192 Å². The van der Waals surface area contributed by atoms with Crippen LogP contribution in [0.1, 0.15) is 36.1 Å². The third kappa shape index (κ3) is 6.36. The maximum atomic E-state index is 12.4. The molecular weight excluding hydrogens is 435 g/mol. The van der Waals surface area contributed by atoms with Crippen molar-refractivity contribution in [2.45, 2.75) is 32.4 Å². The SMILES string of the molecule is COc1cc(C(C)NC(=O)CCc2cccc(Cl)c2Cl)ccc1OCc1ccncc1. The number of hydrogen-bond acceptors (Lipinski definition) is 4. The Balaban J connectivity index is 1.58. The molecule has 2 aromatic carbocycles. The van der Waals surface area contributed by atoms with Crippen LogP contribution in [0, 0.1) is 0 Å². The van der Waals surface area contributed by atoms with Gasteiger partial charge in [-0.05, 0) is 60.4 Å². The van der Waals surface area contributed by atoms with Crippen molar-refractivity contribution in [3.05, 3.63) is 87.7 Å². The Morgan fingerprint density at radius 2 is 1.87 bits per heavy atom. The monoisotopic (exact) mass is 458 g/mol. The molecule has 1 unspecified atom stereocenters. The summed E-state index contributed by atoms with van der Waals surface area (Å²) < 4.78 is 11.4. The van der Waals surface area contributed by atoms with Gasteiger partial charge in [-0.2, -0.15) is 0 Å². The minimum atomic E-state index is -0.189. The number of carbonyl (C=O) groups excluding carboxylic acids is 1. The zero-order chi connectivity index (χ0) is 22.2. The second-order valence-corrected chi connectivity index (χ2v) is 7.84. The highest BCUT2D eigenvalue weighted by Crippen LogP contribution is 2.31. The smallest absolute Gasteiger partial charge is 0.220 e. The summed E-state index contributed by atoms with van der Waals surface area (Å²) in [6.07, 6.45) is 4.28. The van der Waals surface area contributed by atoms with Crippen molar-refractivity contribution in [1.82, 2.24) is 10.3 Å². The van der Waals surface area contributed by atoms with Gasteiger partial charge in [-0.3, -0.25) is 9.78 Å². The Kier molecular flexibility index (Phi) is 8.15. The van der Waals surface area contributed by atoms with Crippen LogP contribution in [-0.2, 0) is 17.8 Å². The van der Waals surface area contributed by atoms with Gasteiger partial charge in [0, 0.05) is 18.8 Å². The van der Waals surface area contributed by atoms with E-state index in [4.69, 9.17) is 32.7 Å². The lowest BCUT2D eigenvalue weighted by Crippen LogP contribution is -2.26. The summed E-state index contributed by atoms with van der Waals surface area (Å²) in [7, 11) is 1.59. The maximum absolute atomic E-state index is 12.4. The van der Waals surface area contributed by atoms with Gasteiger partial charge in [0.2, 0.25) is 5.91 Å². The number of pyridine rings is 1. The lowest BCUT2D eigenvalue weighted by Gasteiger charge is -2.17. The number of ether oxygens (including phenoxy) is 2. The van der Waals surface area contributed by atoms with Crippen LogP contribution in [-0.4, -0.2) is 18.0 Å². The van der Waals surface area contributed by atoms with Crippen LogP contribution in [0.15, 0.2) is 60.9 Å². The molecule has 1 aromatic heterocycles. The summed E-state index contributed by atoms with van der Waals surface area (Å²) in [6.45, 7) is 2.34. The number of halogens is 2. The molecule has 0 aliphatic rings. The van der Waals surface area contributed by atoms with E-state index in [9.17, 15) is 4.79 Å². The quantitative estimate of drug-likeness (QED) is 0.440. The number of nitrogens with zero attached hydrogens (tertiary/aromatic N) is 1. The standard InChI is InChI=1S/C24H24Cl2N2O3/c1-16(28-23(29)9-7-18-4-3-5-20(25)24(18)26)19-6-8-21(22(14-19)30-2)31-15-17-10-12-27-13-11-17/h3-6,8,10-14,16H,7,9,15H2,1-2H3,(H,28,29). The van der Waals surface area contributed by atoms with Crippen LogP contribution in [0.3, 0.4) is 0 Å². The number of amides is 1. The zero-order valence-corrected chi connectivity index (χ0v) is 18.9. The van der Waals surface area contributed by atoms with Crippen LogP contribution >= 0.6 is 23.2 Å². The average molecular weight is 459 g/mol. The highest BCUT2D eigenvalue weighted by Gasteiger charge is 2.14. The predicted molar refractivity (Wildman–Crippen MR) is 123 cm³/mol. The van der Waals surface area contributed by atoms with E-state index >= 15 is 0 Å². The molecule has 0 aliphatic carbocycles. The van der Waals surface area contributed by atoms with Gasteiger partial charge in [0.15, 0.2) is 11.5 Å². The molecule has 7 heteroatoms. The molecule has 162 valence electrons. The molecule has 0 bridgehead atoms. The molecule has 1 amide bonds. The fourth-order valence-corrected chi connectivity index (χ4v) is 3.51. The number of nitrogens with one attached hydrogen (secondary N) is 1. The Hall–Kier alpha value is -2.76. The van der Waals surface area contributed by atoms with Gasteiger partial charge in [-0.1, -0.05) is 41.4 Å². The second-order valence-electron chi connectivity index (χ2n) is 7.06. The minimum absolute atomic E-state index is 0.0690. The number of aromatic nitrogens is 1. The van der Waals surface area contributed by atoms with Gasteiger partial charge < -0.3 is 14.8 Å². The van der Waals surface area contributed by atoms with E-state index in [0.717, 1.165) is 16.7 Å². The van der Waals surface area contributed by atoms with Gasteiger partial charge >= 0.3 is 0 Å². The van der Waals surface area contributed by atoms with Crippen LogP contribution in [0.2, 0.25) is 10.0 Å². The van der Waals surface area contributed by atoms with E-state index in [-0.39, 0.29) is 11.9 Å².